The van der Waals surface area contributed by atoms with E-state index < -0.39 is 0 Å². The van der Waals surface area contributed by atoms with Crippen molar-refractivity contribution in [3.05, 3.63) is 0 Å². The van der Waals surface area contributed by atoms with Gasteiger partial charge >= 0.3 is 0 Å². The van der Waals surface area contributed by atoms with Crippen LogP contribution < -0.4 is 16.0 Å². The minimum Gasteiger partial charge on any atom is -0.359 e. The predicted molar refractivity (Wildman–Crippen MR) is 96.7 cm³/mol. The third-order valence-corrected chi connectivity index (χ3v) is 2.31. The first-order chi connectivity index (χ1) is 9.54. The Hall–Kier alpha value is -1.06. The lowest BCUT2D eigenvalue weighted by molar-refractivity contribution is -0.124. The summed E-state index contributed by atoms with van der Waals surface area (Å²) >= 11 is 0. The highest BCUT2D eigenvalue weighted by Crippen LogP contribution is 1.88. The van der Waals surface area contributed by atoms with Gasteiger partial charge in [0.1, 0.15) is 0 Å². The van der Waals surface area contributed by atoms with E-state index in [0.29, 0.717) is 0 Å². The first-order valence-corrected chi connectivity index (χ1v) is 7.19. The van der Waals surface area contributed by atoms with Crippen molar-refractivity contribution in [3.63, 3.8) is 0 Å². The Bertz CT molecular complexity index is 259. The first-order valence-electron chi connectivity index (χ1n) is 7.19. The number of hydrogen-bond acceptors (Lipinski definition) is 3. The van der Waals surface area contributed by atoms with Crippen LogP contribution in [0.1, 0.15) is 41.5 Å². The molecule has 0 heterocycles. The topological polar surface area (TPSA) is 87.3 Å². The van der Waals surface area contributed by atoms with Crippen LogP contribution in [0, 0.1) is 17.8 Å². The van der Waals surface area contributed by atoms with E-state index in [1.54, 1.807) is 21.1 Å². The van der Waals surface area contributed by atoms with Crippen molar-refractivity contribution in [1.82, 2.24) is 16.0 Å². The van der Waals surface area contributed by atoms with Crippen LogP contribution in [0.15, 0.2) is 0 Å². The van der Waals surface area contributed by atoms with Crippen LogP contribution in [0.4, 0.5) is 0 Å². The van der Waals surface area contributed by atoms with Gasteiger partial charge in [0, 0.05) is 38.9 Å². The van der Waals surface area contributed by atoms with Gasteiger partial charge in [0.15, 0.2) is 17.4 Å². The molecule has 3 N–H and O–H groups in total. The van der Waals surface area contributed by atoms with Crippen molar-refractivity contribution in [3.8, 4) is 0 Å². The average molecular weight is 333 g/mol. The zero-order chi connectivity index (χ0) is 17.6. The third-order valence-electron chi connectivity index (χ3n) is 2.31. The molecule has 0 fully saturated rings. The normalized spacial score (nSPS) is 8.73. The second-order valence-corrected chi connectivity index (χ2v) is 5.31. The number of rotatable bonds is 3. The summed E-state index contributed by atoms with van der Waals surface area (Å²) in [6, 6.07) is 0. The van der Waals surface area contributed by atoms with Gasteiger partial charge in [-0.25, -0.2) is 0 Å². The number of nitrogens with one attached hydrogen (secondary N) is 3. The molecule has 0 saturated carbocycles. The molecular formula is C15H36AlN3O3. The maximum atomic E-state index is 10.4. The standard InChI is InChI=1S/3C5H11NO.Al.3H/c3*1-4(2)5(7)6-3;;;;/h3*4H,1-3H3,(H,6,7);;;;. The molecule has 0 unspecified atom stereocenters. The Labute approximate surface area is 146 Å². The summed E-state index contributed by atoms with van der Waals surface area (Å²) in [5.74, 6) is 0.639. The van der Waals surface area contributed by atoms with Gasteiger partial charge in [-0.2, -0.15) is 0 Å². The molecular weight excluding hydrogens is 297 g/mol. The van der Waals surface area contributed by atoms with Crippen LogP contribution in [0.25, 0.3) is 0 Å². The summed E-state index contributed by atoms with van der Waals surface area (Å²) in [6.07, 6.45) is 0. The Kier molecular flexibility index (Phi) is 23.7. The van der Waals surface area contributed by atoms with Gasteiger partial charge < -0.3 is 16.0 Å². The fraction of sp³-hybridized carbons (Fsp3) is 0.800. The highest BCUT2D eigenvalue weighted by molar-refractivity contribution is 5.78. The second kappa shape index (κ2) is 18.0. The van der Waals surface area contributed by atoms with Crippen LogP contribution in [0.2, 0.25) is 0 Å². The smallest absolute Gasteiger partial charge is 0.222 e. The van der Waals surface area contributed by atoms with Crippen LogP contribution in [-0.2, 0) is 14.4 Å². The molecule has 0 rings (SSSR count). The SMILES string of the molecule is CNC(=O)C(C)C.CNC(=O)C(C)C.CNC(=O)C(C)C.[AlH3]. The zero-order valence-electron chi connectivity index (χ0n) is 15.0. The van der Waals surface area contributed by atoms with Gasteiger partial charge in [0.05, 0.1) is 0 Å². The molecule has 0 radical (unpaired) electrons. The van der Waals surface area contributed by atoms with Gasteiger partial charge in [-0.15, -0.1) is 0 Å². The molecule has 0 aliphatic rings. The van der Waals surface area contributed by atoms with Crippen molar-refractivity contribution in [2.24, 2.45) is 17.8 Å². The van der Waals surface area contributed by atoms with Crippen molar-refractivity contribution in [2.45, 2.75) is 41.5 Å². The molecule has 0 bridgehead atoms. The lowest BCUT2D eigenvalue weighted by atomic mass is 10.2. The fourth-order valence-electron chi connectivity index (χ4n) is 0.866. The number of amides is 3. The third kappa shape index (κ3) is 21.2. The first kappa shape index (κ1) is 29.0. The van der Waals surface area contributed by atoms with E-state index in [9.17, 15) is 14.4 Å². The molecule has 0 saturated heterocycles. The minimum atomic E-state index is 0. The summed E-state index contributed by atoms with van der Waals surface area (Å²) in [6.45, 7) is 11.2. The summed E-state index contributed by atoms with van der Waals surface area (Å²) < 4.78 is 0. The molecule has 132 valence electrons. The average Bonchev–Trinajstić information content (AvgIpc) is 2.45. The molecule has 0 aliphatic heterocycles. The maximum absolute atomic E-state index is 10.4. The van der Waals surface area contributed by atoms with Crippen LogP contribution >= 0.6 is 0 Å². The second-order valence-electron chi connectivity index (χ2n) is 5.31. The lowest BCUT2D eigenvalue weighted by Crippen LogP contribution is -2.22. The molecule has 0 spiro atoms. The van der Waals surface area contributed by atoms with Gasteiger partial charge in [-0.3, -0.25) is 14.4 Å². The monoisotopic (exact) mass is 333 g/mol. The van der Waals surface area contributed by atoms with E-state index in [2.05, 4.69) is 16.0 Å². The van der Waals surface area contributed by atoms with E-state index >= 15 is 0 Å². The lowest BCUT2D eigenvalue weighted by Gasteiger charge is -1.98. The van der Waals surface area contributed by atoms with E-state index in [-0.39, 0.29) is 52.8 Å². The minimum absolute atomic E-state index is 0. The molecule has 0 aromatic heterocycles. The molecule has 7 heteroatoms. The van der Waals surface area contributed by atoms with Crippen LogP contribution in [0.3, 0.4) is 0 Å². The predicted octanol–water partition coefficient (Wildman–Crippen LogP) is -0.0187. The highest BCUT2D eigenvalue weighted by Gasteiger charge is 2.01. The molecule has 0 aromatic carbocycles. The molecule has 6 nitrogen and oxygen atoms in total. The number of carbonyl (C=O) groups is 3. The Morgan fingerprint density at radius 1 is 0.545 bits per heavy atom. The molecule has 0 atom stereocenters. The van der Waals surface area contributed by atoms with Gasteiger partial charge in [-0.05, 0) is 0 Å². The van der Waals surface area contributed by atoms with Gasteiger partial charge in [0.2, 0.25) is 17.7 Å². The Morgan fingerprint density at radius 2 is 0.682 bits per heavy atom. The van der Waals surface area contributed by atoms with Gasteiger partial charge in [-0.1, -0.05) is 41.5 Å². The molecule has 3 amide bonds. The fourth-order valence-corrected chi connectivity index (χ4v) is 0.866. The van der Waals surface area contributed by atoms with E-state index in [1.165, 1.54) is 0 Å². The van der Waals surface area contributed by atoms with Crippen molar-refractivity contribution < 1.29 is 14.4 Å². The quantitative estimate of drug-likeness (QED) is 0.635. The Morgan fingerprint density at radius 3 is 0.682 bits per heavy atom. The summed E-state index contributed by atoms with van der Waals surface area (Å²) in [5, 5.41) is 7.58. The molecule has 0 aliphatic carbocycles. The van der Waals surface area contributed by atoms with E-state index in [0.717, 1.165) is 0 Å². The summed E-state index contributed by atoms with van der Waals surface area (Å²) in [7, 11) is 4.92. The summed E-state index contributed by atoms with van der Waals surface area (Å²) in [5.41, 5.74) is 0. The largest absolute Gasteiger partial charge is 0.359 e. The maximum Gasteiger partial charge on any atom is 0.222 e. The van der Waals surface area contributed by atoms with Gasteiger partial charge in [0.25, 0.3) is 0 Å². The van der Waals surface area contributed by atoms with Crippen molar-refractivity contribution in [2.75, 3.05) is 21.1 Å². The van der Waals surface area contributed by atoms with Crippen molar-refractivity contribution in [1.29, 1.82) is 0 Å². The molecule has 0 aromatic rings. The number of hydrogen-bond donors (Lipinski definition) is 3. The van der Waals surface area contributed by atoms with Crippen LogP contribution in [-0.4, -0.2) is 56.2 Å². The Balaban J connectivity index is -0.000000108. The molecule has 22 heavy (non-hydrogen) atoms. The van der Waals surface area contributed by atoms with Crippen LogP contribution in [0.5, 0.6) is 0 Å². The zero-order valence-corrected chi connectivity index (χ0v) is 15.0. The van der Waals surface area contributed by atoms with E-state index in [4.69, 9.17) is 0 Å². The van der Waals surface area contributed by atoms with Crippen molar-refractivity contribution >= 4 is 35.1 Å². The highest BCUT2D eigenvalue weighted by atomic mass is 27.0. The van der Waals surface area contributed by atoms with E-state index in [1.807, 2.05) is 41.5 Å². The summed E-state index contributed by atoms with van der Waals surface area (Å²) in [4.78, 5) is 31.2. The number of carbonyl (C=O) groups excluding carboxylic acids is 3.